The van der Waals surface area contributed by atoms with Crippen molar-refractivity contribution in [3.05, 3.63) is 70.8 Å². The number of hydrogen-bond acceptors (Lipinski definition) is 2. The maximum absolute atomic E-state index is 12.5. The van der Waals surface area contributed by atoms with Crippen molar-refractivity contribution in [3.63, 3.8) is 0 Å². The molecule has 0 heterocycles. The monoisotopic (exact) mass is 418 g/mol. The summed E-state index contributed by atoms with van der Waals surface area (Å²) in [5.41, 5.74) is -1.60. The smallest absolute Gasteiger partial charge is 0.352 e. The van der Waals surface area contributed by atoms with Gasteiger partial charge in [-0.3, -0.25) is 9.59 Å². The highest BCUT2D eigenvalue weighted by Crippen LogP contribution is 2.29. The number of benzene rings is 2. The molecule has 0 atom stereocenters. The van der Waals surface area contributed by atoms with E-state index in [9.17, 15) is 35.9 Å². The van der Waals surface area contributed by atoms with Crippen LogP contribution in [0.5, 0.6) is 0 Å². The predicted octanol–water partition coefficient (Wildman–Crippen LogP) is 4.27. The van der Waals surface area contributed by atoms with Crippen LogP contribution in [-0.2, 0) is 12.4 Å². The van der Waals surface area contributed by atoms with E-state index in [1.165, 1.54) is 0 Å². The predicted molar refractivity (Wildman–Crippen MR) is 92.2 cm³/mol. The number of rotatable bonds is 6. The van der Waals surface area contributed by atoms with Crippen LogP contribution < -0.4 is 10.6 Å². The quantitative estimate of drug-likeness (QED) is 0.544. The topological polar surface area (TPSA) is 58.2 Å². The van der Waals surface area contributed by atoms with Crippen LogP contribution in [0.3, 0.4) is 0 Å². The maximum atomic E-state index is 12.5. The van der Waals surface area contributed by atoms with Crippen molar-refractivity contribution in [2.75, 3.05) is 13.1 Å². The molecule has 10 heteroatoms. The van der Waals surface area contributed by atoms with Crippen LogP contribution in [-0.4, -0.2) is 24.9 Å². The van der Waals surface area contributed by atoms with Gasteiger partial charge in [0.2, 0.25) is 0 Å². The summed E-state index contributed by atoms with van der Waals surface area (Å²) in [6.45, 7) is 0.292. The second-order valence-corrected chi connectivity index (χ2v) is 6.02. The van der Waals surface area contributed by atoms with Crippen LogP contribution in [0.25, 0.3) is 0 Å². The highest BCUT2D eigenvalue weighted by atomic mass is 19.4. The summed E-state index contributed by atoms with van der Waals surface area (Å²) < 4.78 is 74.9. The Labute approximate surface area is 161 Å². The summed E-state index contributed by atoms with van der Waals surface area (Å²) in [6, 6.07) is 7.46. The van der Waals surface area contributed by atoms with E-state index >= 15 is 0 Å². The van der Waals surface area contributed by atoms with Crippen molar-refractivity contribution in [2.45, 2.75) is 18.8 Å². The van der Waals surface area contributed by atoms with Crippen molar-refractivity contribution in [1.82, 2.24) is 10.6 Å². The van der Waals surface area contributed by atoms with E-state index < -0.39 is 35.3 Å². The molecule has 0 radical (unpaired) electrons. The minimum atomic E-state index is -4.49. The van der Waals surface area contributed by atoms with E-state index in [1.54, 1.807) is 0 Å². The number of nitrogens with one attached hydrogen (secondary N) is 2. The van der Waals surface area contributed by atoms with Gasteiger partial charge in [0, 0.05) is 24.2 Å². The molecule has 0 unspecified atom stereocenters. The molecular weight excluding hydrogens is 402 g/mol. The summed E-state index contributed by atoms with van der Waals surface area (Å²) in [5, 5.41) is 5.00. The number of alkyl halides is 6. The molecule has 4 nitrogen and oxygen atoms in total. The van der Waals surface area contributed by atoms with Crippen LogP contribution in [0, 0.1) is 0 Å². The molecule has 0 aliphatic carbocycles. The van der Waals surface area contributed by atoms with Gasteiger partial charge in [0.25, 0.3) is 11.8 Å². The molecule has 2 amide bonds. The number of amides is 2. The van der Waals surface area contributed by atoms with Gasteiger partial charge in [-0.15, -0.1) is 0 Å². The lowest BCUT2D eigenvalue weighted by Gasteiger charge is -2.09. The maximum Gasteiger partial charge on any atom is 0.416 e. The van der Waals surface area contributed by atoms with Gasteiger partial charge in [-0.1, -0.05) is 0 Å². The fourth-order valence-electron chi connectivity index (χ4n) is 2.32. The Hall–Kier alpha value is -3.04. The zero-order valence-electron chi connectivity index (χ0n) is 14.8. The van der Waals surface area contributed by atoms with E-state index in [-0.39, 0.29) is 24.2 Å². The van der Waals surface area contributed by atoms with E-state index in [2.05, 4.69) is 10.6 Å². The zero-order chi connectivity index (χ0) is 21.7. The Balaban J connectivity index is 1.73. The first-order valence-electron chi connectivity index (χ1n) is 8.39. The normalized spacial score (nSPS) is 11.8. The lowest BCUT2D eigenvalue weighted by atomic mass is 10.1. The van der Waals surface area contributed by atoms with Gasteiger partial charge < -0.3 is 10.6 Å². The van der Waals surface area contributed by atoms with Crippen molar-refractivity contribution in [2.24, 2.45) is 0 Å². The van der Waals surface area contributed by atoms with Crippen LogP contribution in [0.1, 0.15) is 38.3 Å². The average molecular weight is 418 g/mol. The van der Waals surface area contributed by atoms with Crippen molar-refractivity contribution in [1.29, 1.82) is 0 Å². The van der Waals surface area contributed by atoms with Gasteiger partial charge in [-0.05, 0) is 55.0 Å². The molecule has 0 spiro atoms. The van der Waals surface area contributed by atoms with E-state index in [0.717, 1.165) is 48.5 Å². The Kier molecular flexibility index (Phi) is 6.89. The molecule has 2 N–H and O–H groups in total. The lowest BCUT2D eigenvalue weighted by Crippen LogP contribution is -2.30. The summed E-state index contributed by atoms with van der Waals surface area (Å²) in [5.74, 6) is -1.12. The number of halogens is 6. The molecule has 156 valence electrons. The first kappa shape index (κ1) is 22.3. The van der Waals surface area contributed by atoms with Crippen LogP contribution in [0.4, 0.5) is 26.3 Å². The Morgan fingerprint density at radius 2 is 0.931 bits per heavy atom. The molecule has 0 saturated carbocycles. The lowest BCUT2D eigenvalue weighted by molar-refractivity contribution is -0.138. The second-order valence-electron chi connectivity index (χ2n) is 6.02. The van der Waals surface area contributed by atoms with E-state index in [4.69, 9.17) is 0 Å². The van der Waals surface area contributed by atoms with Gasteiger partial charge >= 0.3 is 12.4 Å². The first-order chi connectivity index (χ1) is 13.5. The molecule has 0 saturated heterocycles. The minimum Gasteiger partial charge on any atom is -0.352 e. The van der Waals surface area contributed by atoms with Gasteiger partial charge in [-0.2, -0.15) is 26.3 Å². The molecular formula is C19H16F6N2O2. The van der Waals surface area contributed by atoms with Crippen molar-refractivity contribution in [3.8, 4) is 0 Å². The number of carbonyl (C=O) groups is 2. The largest absolute Gasteiger partial charge is 0.416 e. The second kappa shape index (κ2) is 8.97. The third-order valence-electron chi connectivity index (χ3n) is 3.87. The third kappa shape index (κ3) is 6.51. The van der Waals surface area contributed by atoms with Gasteiger partial charge in [0.15, 0.2) is 0 Å². The molecule has 2 rings (SSSR count). The van der Waals surface area contributed by atoms with Crippen LogP contribution >= 0.6 is 0 Å². The molecule has 2 aromatic rings. The molecule has 2 aromatic carbocycles. The molecule has 0 aliphatic rings. The Morgan fingerprint density at radius 1 is 0.621 bits per heavy atom. The summed E-state index contributed by atoms with van der Waals surface area (Å²) in [6.07, 6.45) is -8.65. The van der Waals surface area contributed by atoms with Gasteiger partial charge in [0.05, 0.1) is 11.1 Å². The minimum absolute atomic E-state index is 0.0618. The Bertz CT molecular complexity index is 771. The van der Waals surface area contributed by atoms with Gasteiger partial charge in [0.1, 0.15) is 0 Å². The number of hydrogen-bond donors (Lipinski definition) is 2. The molecule has 0 aromatic heterocycles. The van der Waals surface area contributed by atoms with Crippen LogP contribution in [0.2, 0.25) is 0 Å². The average Bonchev–Trinajstić information content (AvgIpc) is 2.66. The standard InChI is InChI=1S/C19H16F6N2O2/c20-18(21,22)14-6-2-12(3-7-14)16(28)26-10-1-11-27-17(29)13-4-8-15(9-5-13)19(23,24)25/h2-9H,1,10-11H2,(H,26,28)(H,27,29). The van der Waals surface area contributed by atoms with E-state index in [0.29, 0.717) is 6.42 Å². The molecule has 0 aliphatic heterocycles. The fourth-order valence-corrected chi connectivity index (χ4v) is 2.32. The number of carbonyl (C=O) groups excluding carboxylic acids is 2. The fraction of sp³-hybridized carbons (Fsp3) is 0.263. The van der Waals surface area contributed by atoms with Crippen LogP contribution in [0.15, 0.2) is 48.5 Å². The zero-order valence-corrected chi connectivity index (χ0v) is 14.8. The molecule has 0 fully saturated rings. The SMILES string of the molecule is O=C(NCCCNC(=O)c1ccc(C(F)(F)F)cc1)c1ccc(C(F)(F)F)cc1. The molecule has 0 bridgehead atoms. The highest BCUT2D eigenvalue weighted by molar-refractivity contribution is 5.94. The van der Waals surface area contributed by atoms with E-state index in [1.807, 2.05) is 0 Å². The van der Waals surface area contributed by atoms with Crippen molar-refractivity contribution < 1.29 is 35.9 Å². The Morgan fingerprint density at radius 3 is 1.21 bits per heavy atom. The molecule has 29 heavy (non-hydrogen) atoms. The van der Waals surface area contributed by atoms with Gasteiger partial charge in [-0.25, -0.2) is 0 Å². The van der Waals surface area contributed by atoms with Crippen molar-refractivity contribution >= 4 is 11.8 Å². The summed E-state index contributed by atoms with van der Waals surface area (Å²) >= 11 is 0. The highest BCUT2D eigenvalue weighted by Gasteiger charge is 2.31. The first-order valence-corrected chi connectivity index (χ1v) is 8.39. The summed E-state index contributed by atoms with van der Waals surface area (Å²) in [7, 11) is 0. The summed E-state index contributed by atoms with van der Waals surface area (Å²) in [4.78, 5) is 23.7. The third-order valence-corrected chi connectivity index (χ3v) is 3.87.